The number of methoxy groups -OCH3 is 2. The molecule has 0 spiro atoms. The third-order valence-electron chi connectivity index (χ3n) is 6.83. The van der Waals surface area contributed by atoms with Crippen LogP contribution in [-0.4, -0.2) is 14.2 Å². The molecule has 6 heteroatoms. The van der Waals surface area contributed by atoms with Crippen molar-refractivity contribution in [2.75, 3.05) is 24.0 Å². The highest BCUT2D eigenvalue weighted by molar-refractivity contribution is 6.31. The van der Waals surface area contributed by atoms with Gasteiger partial charge in [-0.15, -0.1) is 0 Å². The molecule has 202 valence electrons. The van der Waals surface area contributed by atoms with E-state index in [1.807, 2.05) is 72.8 Å². The van der Waals surface area contributed by atoms with Gasteiger partial charge < -0.3 is 19.3 Å². The molecule has 0 aliphatic heterocycles. The Hall–Kier alpha value is -4.12. The average Bonchev–Trinajstić information content (AvgIpc) is 2.98. The number of nitrogens with zero attached hydrogens (tertiary/aromatic N) is 2. The Bertz CT molecular complexity index is 1490. The summed E-state index contributed by atoms with van der Waals surface area (Å²) in [6, 6.07) is 36.4. The number of hydrogen-bond acceptors (Lipinski definition) is 4. The largest absolute Gasteiger partial charge is 0.497 e. The van der Waals surface area contributed by atoms with Crippen LogP contribution in [0.5, 0.6) is 11.5 Å². The number of benzene rings is 5. The Morgan fingerprint density at radius 3 is 1.05 bits per heavy atom. The SMILES string of the molecule is COc1ccc(N(c2ccc(OC)cc2)c2cc(N(c3ccc(Cl)cc3)c3ccc(Cl)cc3)c(C)cc2C)cc1. The molecule has 0 atom stereocenters. The standard InChI is InChI=1S/C34H30Cl2N2O2/c1-23-21-24(2)34(38(29-13-17-31(39-3)18-14-29)30-15-19-32(40-4)20-16-30)22-33(23)37(27-9-5-25(35)6-10-27)28-11-7-26(36)8-12-28/h5-22H,1-4H3. The number of aryl methyl sites for hydroxylation is 2. The van der Waals surface area contributed by atoms with Gasteiger partial charge in [0.1, 0.15) is 11.5 Å². The van der Waals surface area contributed by atoms with Gasteiger partial charge in [-0.25, -0.2) is 0 Å². The van der Waals surface area contributed by atoms with Crippen LogP contribution >= 0.6 is 23.2 Å². The third kappa shape index (κ3) is 5.74. The summed E-state index contributed by atoms with van der Waals surface area (Å²) in [7, 11) is 3.35. The van der Waals surface area contributed by atoms with Crippen molar-refractivity contribution in [3.8, 4) is 11.5 Å². The molecule has 0 fully saturated rings. The molecule has 0 heterocycles. The number of hydrogen-bond donors (Lipinski definition) is 0. The van der Waals surface area contributed by atoms with Crippen molar-refractivity contribution < 1.29 is 9.47 Å². The Morgan fingerprint density at radius 1 is 0.450 bits per heavy atom. The molecule has 4 nitrogen and oxygen atoms in total. The number of rotatable bonds is 8. The summed E-state index contributed by atoms with van der Waals surface area (Å²) in [5.74, 6) is 1.60. The second-order valence-corrected chi connectivity index (χ2v) is 10.3. The van der Waals surface area contributed by atoms with Crippen LogP contribution < -0.4 is 19.3 Å². The van der Waals surface area contributed by atoms with E-state index >= 15 is 0 Å². The van der Waals surface area contributed by atoms with Crippen LogP contribution in [0.15, 0.2) is 109 Å². The molecule has 5 aromatic carbocycles. The first-order valence-corrected chi connectivity index (χ1v) is 13.6. The first kappa shape index (κ1) is 27.4. The van der Waals surface area contributed by atoms with Crippen LogP contribution in [0.4, 0.5) is 34.1 Å². The zero-order chi connectivity index (χ0) is 28.2. The fourth-order valence-corrected chi connectivity index (χ4v) is 5.06. The highest BCUT2D eigenvalue weighted by atomic mass is 35.5. The molecule has 0 amide bonds. The molecule has 0 saturated heterocycles. The Labute approximate surface area is 245 Å². The lowest BCUT2D eigenvalue weighted by molar-refractivity contribution is 0.415. The zero-order valence-corrected chi connectivity index (χ0v) is 24.4. The van der Waals surface area contributed by atoms with Gasteiger partial charge in [0.05, 0.1) is 25.6 Å². The molecule has 0 unspecified atom stereocenters. The molecule has 40 heavy (non-hydrogen) atoms. The first-order chi connectivity index (χ1) is 19.4. The van der Waals surface area contributed by atoms with E-state index in [2.05, 4.69) is 60.0 Å². The van der Waals surface area contributed by atoms with Gasteiger partial charge in [0, 0.05) is 32.8 Å². The minimum Gasteiger partial charge on any atom is -0.497 e. The van der Waals surface area contributed by atoms with Gasteiger partial charge in [0.25, 0.3) is 0 Å². The molecule has 0 aliphatic carbocycles. The minimum atomic E-state index is 0.686. The van der Waals surface area contributed by atoms with Crippen molar-refractivity contribution in [3.63, 3.8) is 0 Å². The van der Waals surface area contributed by atoms with Gasteiger partial charge >= 0.3 is 0 Å². The lowest BCUT2D eigenvalue weighted by Gasteiger charge is -2.32. The fourth-order valence-electron chi connectivity index (χ4n) is 4.81. The van der Waals surface area contributed by atoms with Crippen LogP contribution in [0.3, 0.4) is 0 Å². The quantitative estimate of drug-likeness (QED) is 0.186. The molecule has 5 rings (SSSR count). The van der Waals surface area contributed by atoms with Crippen molar-refractivity contribution in [3.05, 3.63) is 130 Å². The zero-order valence-electron chi connectivity index (χ0n) is 22.9. The van der Waals surface area contributed by atoms with Crippen molar-refractivity contribution in [2.45, 2.75) is 13.8 Å². The van der Waals surface area contributed by atoms with Crippen LogP contribution in [0, 0.1) is 13.8 Å². The summed E-state index contributed by atoms with van der Waals surface area (Å²) in [5.41, 5.74) is 8.36. The highest BCUT2D eigenvalue weighted by Gasteiger charge is 2.21. The topological polar surface area (TPSA) is 24.9 Å². The summed E-state index contributed by atoms with van der Waals surface area (Å²) >= 11 is 12.5. The maximum Gasteiger partial charge on any atom is 0.119 e. The minimum absolute atomic E-state index is 0.686. The highest BCUT2D eigenvalue weighted by Crippen LogP contribution is 2.44. The Morgan fingerprint density at radius 2 is 0.750 bits per heavy atom. The maximum absolute atomic E-state index is 6.27. The molecule has 0 aromatic heterocycles. The molecule has 0 bridgehead atoms. The van der Waals surface area contributed by atoms with Gasteiger partial charge in [0.15, 0.2) is 0 Å². The van der Waals surface area contributed by atoms with E-state index in [1.165, 1.54) is 0 Å². The summed E-state index contributed by atoms with van der Waals surface area (Å²) in [6.07, 6.45) is 0. The van der Waals surface area contributed by atoms with Gasteiger partial charge in [-0.3, -0.25) is 0 Å². The number of halogens is 2. The molecular weight excluding hydrogens is 539 g/mol. The van der Waals surface area contributed by atoms with Gasteiger partial charge in [-0.1, -0.05) is 29.3 Å². The molecular formula is C34H30Cl2N2O2. The second kappa shape index (κ2) is 12.0. The predicted octanol–water partition coefficient (Wildman–Crippen LogP) is 10.6. The Kier molecular flexibility index (Phi) is 8.20. The smallest absolute Gasteiger partial charge is 0.119 e. The normalized spacial score (nSPS) is 10.8. The second-order valence-electron chi connectivity index (χ2n) is 9.44. The summed E-state index contributed by atoms with van der Waals surface area (Å²) < 4.78 is 10.9. The van der Waals surface area contributed by atoms with Crippen LogP contribution in [-0.2, 0) is 0 Å². The summed E-state index contributed by atoms with van der Waals surface area (Å²) in [4.78, 5) is 4.48. The molecule has 0 radical (unpaired) electrons. The first-order valence-electron chi connectivity index (χ1n) is 12.9. The lowest BCUT2D eigenvalue weighted by atomic mass is 10.0. The van der Waals surface area contributed by atoms with Crippen molar-refractivity contribution >= 4 is 57.3 Å². The number of anilines is 6. The van der Waals surface area contributed by atoms with E-state index in [9.17, 15) is 0 Å². The molecule has 0 saturated carbocycles. The fraction of sp³-hybridized carbons (Fsp3) is 0.118. The van der Waals surface area contributed by atoms with E-state index in [0.717, 1.165) is 56.8 Å². The maximum atomic E-state index is 6.27. The molecule has 0 aliphatic rings. The predicted molar refractivity (Wildman–Crippen MR) is 168 cm³/mol. The molecule has 0 N–H and O–H groups in total. The van der Waals surface area contributed by atoms with Crippen molar-refractivity contribution in [1.82, 2.24) is 0 Å². The number of ether oxygens (including phenoxy) is 2. The van der Waals surface area contributed by atoms with E-state index in [0.29, 0.717) is 10.0 Å². The third-order valence-corrected chi connectivity index (χ3v) is 7.33. The van der Waals surface area contributed by atoms with Crippen molar-refractivity contribution in [2.24, 2.45) is 0 Å². The lowest BCUT2D eigenvalue weighted by Crippen LogP contribution is -2.15. The van der Waals surface area contributed by atoms with Crippen LogP contribution in [0.2, 0.25) is 10.0 Å². The molecule has 5 aromatic rings. The summed E-state index contributed by atoms with van der Waals surface area (Å²) in [5, 5.41) is 1.37. The van der Waals surface area contributed by atoms with E-state index in [4.69, 9.17) is 32.7 Å². The van der Waals surface area contributed by atoms with Crippen molar-refractivity contribution in [1.29, 1.82) is 0 Å². The van der Waals surface area contributed by atoms with E-state index < -0.39 is 0 Å². The van der Waals surface area contributed by atoms with E-state index in [-0.39, 0.29) is 0 Å². The Balaban J connectivity index is 1.72. The van der Waals surface area contributed by atoms with Gasteiger partial charge in [0.2, 0.25) is 0 Å². The monoisotopic (exact) mass is 568 g/mol. The summed E-state index contributed by atoms with van der Waals surface area (Å²) in [6.45, 7) is 4.27. The van der Waals surface area contributed by atoms with Crippen LogP contribution in [0.25, 0.3) is 0 Å². The van der Waals surface area contributed by atoms with Gasteiger partial charge in [-0.05, 0) is 128 Å². The average molecular weight is 570 g/mol. The van der Waals surface area contributed by atoms with E-state index in [1.54, 1.807) is 14.2 Å². The van der Waals surface area contributed by atoms with Gasteiger partial charge in [-0.2, -0.15) is 0 Å². The van der Waals surface area contributed by atoms with Crippen LogP contribution in [0.1, 0.15) is 11.1 Å².